The smallest absolute Gasteiger partial charge is 0.215 e. The van der Waals surface area contributed by atoms with Gasteiger partial charge in [-0.2, -0.15) is 0 Å². The summed E-state index contributed by atoms with van der Waals surface area (Å²) in [5.74, 6) is 0.0314. The van der Waals surface area contributed by atoms with Crippen molar-refractivity contribution in [2.45, 2.75) is 18.7 Å². The van der Waals surface area contributed by atoms with E-state index in [0.717, 1.165) is 31.9 Å². The first-order valence-corrected chi connectivity index (χ1v) is 8.55. The molecule has 0 radical (unpaired) electrons. The van der Waals surface area contributed by atoms with E-state index in [2.05, 4.69) is 9.62 Å². The van der Waals surface area contributed by atoms with Crippen LogP contribution in [-0.2, 0) is 20.5 Å². The van der Waals surface area contributed by atoms with Crippen LogP contribution in [0.5, 0.6) is 0 Å². The standard InChI is InChI=1S/C14H22N2O3S/c1-13(16-7-9-19-10-8-16)11-15-20(17,18)12-14-5-3-2-4-6-14/h2-6,13,15H,7-12H2,1H3/t13-/m1/s1. The van der Waals surface area contributed by atoms with Crippen molar-refractivity contribution in [3.63, 3.8) is 0 Å². The summed E-state index contributed by atoms with van der Waals surface area (Å²) in [7, 11) is -3.28. The summed E-state index contributed by atoms with van der Waals surface area (Å²) in [6, 6.07) is 9.41. The van der Waals surface area contributed by atoms with E-state index in [1.54, 1.807) is 0 Å². The molecule has 5 nitrogen and oxygen atoms in total. The largest absolute Gasteiger partial charge is 0.379 e. The summed E-state index contributed by atoms with van der Waals surface area (Å²) < 4.78 is 32.1. The Bertz CT molecular complexity index is 498. The summed E-state index contributed by atoms with van der Waals surface area (Å²) in [6.45, 7) is 5.65. The Kier molecular flexibility index (Phi) is 5.54. The molecule has 0 amide bonds. The van der Waals surface area contributed by atoms with Crippen LogP contribution in [0.3, 0.4) is 0 Å². The average Bonchev–Trinajstić information content (AvgIpc) is 2.46. The average molecular weight is 298 g/mol. The van der Waals surface area contributed by atoms with Crippen LogP contribution in [0.2, 0.25) is 0 Å². The normalized spacial score (nSPS) is 18.9. The number of ether oxygens (including phenoxy) is 1. The van der Waals surface area contributed by atoms with Crippen LogP contribution in [0, 0.1) is 0 Å². The molecule has 1 saturated heterocycles. The Morgan fingerprint density at radius 1 is 1.25 bits per heavy atom. The zero-order valence-corrected chi connectivity index (χ0v) is 12.6. The maximum absolute atomic E-state index is 12.0. The molecule has 0 aromatic heterocycles. The van der Waals surface area contributed by atoms with Gasteiger partial charge in [0, 0.05) is 25.7 Å². The van der Waals surface area contributed by atoms with Gasteiger partial charge in [0.2, 0.25) is 10.0 Å². The van der Waals surface area contributed by atoms with Crippen molar-refractivity contribution < 1.29 is 13.2 Å². The second kappa shape index (κ2) is 7.17. The van der Waals surface area contributed by atoms with E-state index in [1.165, 1.54) is 0 Å². The van der Waals surface area contributed by atoms with Crippen molar-refractivity contribution in [1.29, 1.82) is 0 Å². The SMILES string of the molecule is C[C@H](CNS(=O)(=O)Cc1ccccc1)N1CCOCC1. The minimum Gasteiger partial charge on any atom is -0.379 e. The van der Waals surface area contributed by atoms with Crippen LogP contribution in [0.25, 0.3) is 0 Å². The van der Waals surface area contributed by atoms with Crippen LogP contribution in [-0.4, -0.2) is 52.2 Å². The zero-order valence-electron chi connectivity index (χ0n) is 11.8. The minimum absolute atomic E-state index is 0.0314. The zero-order chi connectivity index (χ0) is 14.4. The van der Waals surface area contributed by atoms with E-state index in [4.69, 9.17) is 4.74 Å². The number of sulfonamides is 1. The van der Waals surface area contributed by atoms with E-state index < -0.39 is 10.0 Å². The summed E-state index contributed by atoms with van der Waals surface area (Å²) in [5.41, 5.74) is 0.805. The molecule has 0 saturated carbocycles. The molecule has 1 aromatic carbocycles. The van der Waals surface area contributed by atoms with Crippen molar-refractivity contribution in [3.8, 4) is 0 Å². The molecule has 0 unspecified atom stereocenters. The molecule has 112 valence electrons. The molecule has 1 N–H and O–H groups in total. The lowest BCUT2D eigenvalue weighted by Crippen LogP contribution is -2.47. The van der Waals surface area contributed by atoms with Crippen molar-refractivity contribution in [1.82, 2.24) is 9.62 Å². The molecule has 1 aliphatic heterocycles. The fourth-order valence-corrected chi connectivity index (χ4v) is 3.47. The van der Waals surface area contributed by atoms with Crippen LogP contribution in [0.1, 0.15) is 12.5 Å². The topological polar surface area (TPSA) is 58.6 Å². The lowest BCUT2D eigenvalue weighted by molar-refractivity contribution is 0.0213. The first kappa shape index (κ1) is 15.4. The van der Waals surface area contributed by atoms with Crippen LogP contribution in [0.4, 0.5) is 0 Å². The van der Waals surface area contributed by atoms with Gasteiger partial charge in [-0.1, -0.05) is 30.3 Å². The second-order valence-electron chi connectivity index (χ2n) is 5.09. The fourth-order valence-electron chi connectivity index (χ4n) is 2.24. The molecule has 20 heavy (non-hydrogen) atoms. The highest BCUT2D eigenvalue weighted by Crippen LogP contribution is 2.06. The van der Waals surface area contributed by atoms with Gasteiger partial charge in [0.05, 0.1) is 19.0 Å². The van der Waals surface area contributed by atoms with Gasteiger partial charge in [-0.15, -0.1) is 0 Å². The molecule has 0 spiro atoms. The third kappa shape index (κ3) is 4.86. The Balaban J connectivity index is 1.82. The van der Waals surface area contributed by atoms with Crippen LogP contribution in [0.15, 0.2) is 30.3 Å². The molecule has 0 bridgehead atoms. The first-order valence-electron chi connectivity index (χ1n) is 6.90. The fraction of sp³-hybridized carbons (Fsp3) is 0.571. The predicted molar refractivity (Wildman–Crippen MR) is 78.9 cm³/mol. The number of morpholine rings is 1. The van der Waals surface area contributed by atoms with Crippen molar-refractivity contribution in [2.24, 2.45) is 0 Å². The molecule has 1 fully saturated rings. The number of hydrogen-bond acceptors (Lipinski definition) is 4. The van der Waals surface area contributed by atoms with E-state index in [0.29, 0.717) is 6.54 Å². The van der Waals surface area contributed by atoms with Crippen LogP contribution >= 0.6 is 0 Å². The van der Waals surface area contributed by atoms with Crippen molar-refractivity contribution in [2.75, 3.05) is 32.8 Å². The minimum atomic E-state index is -3.28. The summed E-state index contributed by atoms with van der Waals surface area (Å²) >= 11 is 0. The number of benzene rings is 1. The molecule has 1 aliphatic rings. The number of rotatable bonds is 6. The van der Waals surface area contributed by atoms with E-state index in [9.17, 15) is 8.42 Å². The first-order chi connectivity index (χ1) is 9.57. The molecule has 2 rings (SSSR count). The lowest BCUT2D eigenvalue weighted by atomic mass is 10.2. The van der Waals surface area contributed by atoms with E-state index in [1.807, 2.05) is 37.3 Å². The number of nitrogens with zero attached hydrogens (tertiary/aromatic N) is 1. The van der Waals surface area contributed by atoms with E-state index >= 15 is 0 Å². The van der Waals surface area contributed by atoms with Gasteiger partial charge in [-0.25, -0.2) is 13.1 Å². The third-order valence-corrected chi connectivity index (χ3v) is 4.79. The maximum atomic E-state index is 12.0. The van der Waals surface area contributed by atoms with Gasteiger partial charge in [0.25, 0.3) is 0 Å². The van der Waals surface area contributed by atoms with Gasteiger partial charge in [-0.05, 0) is 12.5 Å². The Morgan fingerprint density at radius 3 is 2.55 bits per heavy atom. The van der Waals surface area contributed by atoms with Gasteiger partial charge < -0.3 is 4.74 Å². The van der Waals surface area contributed by atoms with Gasteiger partial charge in [0.1, 0.15) is 0 Å². The Hall–Kier alpha value is -0.950. The van der Waals surface area contributed by atoms with Gasteiger partial charge in [-0.3, -0.25) is 4.90 Å². The monoisotopic (exact) mass is 298 g/mol. The maximum Gasteiger partial charge on any atom is 0.215 e. The highest BCUT2D eigenvalue weighted by atomic mass is 32.2. The molecule has 1 atom stereocenters. The molecule has 1 heterocycles. The molecular formula is C14H22N2O3S. The summed E-state index contributed by atoms with van der Waals surface area (Å²) in [5, 5.41) is 0. The Labute approximate surface area is 121 Å². The third-order valence-electron chi connectivity index (χ3n) is 3.47. The molecule has 6 heteroatoms. The highest BCUT2D eigenvalue weighted by molar-refractivity contribution is 7.88. The van der Waals surface area contributed by atoms with Gasteiger partial charge in [0.15, 0.2) is 0 Å². The molecule has 0 aliphatic carbocycles. The predicted octanol–water partition coefficient (Wildman–Crippen LogP) is 0.827. The van der Waals surface area contributed by atoms with Crippen molar-refractivity contribution >= 4 is 10.0 Å². The lowest BCUT2D eigenvalue weighted by Gasteiger charge is -2.32. The molecular weight excluding hydrogens is 276 g/mol. The Morgan fingerprint density at radius 2 is 1.90 bits per heavy atom. The number of hydrogen-bond donors (Lipinski definition) is 1. The van der Waals surface area contributed by atoms with E-state index in [-0.39, 0.29) is 11.8 Å². The van der Waals surface area contributed by atoms with Crippen molar-refractivity contribution in [3.05, 3.63) is 35.9 Å². The highest BCUT2D eigenvalue weighted by Gasteiger charge is 2.19. The summed E-state index contributed by atoms with van der Waals surface area (Å²) in [4.78, 5) is 2.24. The van der Waals surface area contributed by atoms with Crippen LogP contribution < -0.4 is 4.72 Å². The quantitative estimate of drug-likeness (QED) is 0.845. The summed E-state index contributed by atoms with van der Waals surface area (Å²) in [6.07, 6.45) is 0. The second-order valence-corrected chi connectivity index (χ2v) is 6.90. The molecule has 1 aromatic rings. The number of nitrogens with one attached hydrogen (secondary N) is 1. The van der Waals surface area contributed by atoms with Gasteiger partial charge >= 0.3 is 0 Å².